The smallest absolute Gasteiger partial charge is 0.408 e. The molecule has 0 aliphatic heterocycles. The number of hydrogen-bond donors (Lipinski definition) is 2. The van der Waals surface area contributed by atoms with E-state index in [9.17, 15) is 9.18 Å². The van der Waals surface area contributed by atoms with Crippen molar-refractivity contribution in [2.75, 3.05) is 12.3 Å². The molecule has 3 N–H and O–H groups in total. The maximum atomic E-state index is 13.8. The SMILES string of the molecule is Cc1c(N)ccc(C#CCNC(=O)OC(C)(C)C)c1F. The van der Waals surface area contributed by atoms with Gasteiger partial charge in [-0.25, -0.2) is 9.18 Å². The average molecular weight is 278 g/mol. The number of nitrogens with two attached hydrogens (primary N) is 1. The number of ether oxygens (including phenoxy) is 1. The molecule has 5 heteroatoms. The summed E-state index contributed by atoms with van der Waals surface area (Å²) in [6, 6.07) is 3.11. The number of hydrogen-bond acceptors (Lipinski definition) is 3. The van der Waals surface area contributed by atoms with E-state index in [1.807, 2.05) is 0 Å². The molecule has 0 radical (unpaired) electrons. The van der Waals surface area contributed by atoms with Crippen molar-refractivity contribution >= 4 is 11.8 Å². The summed E-state index contributed by atoms with van der Waals surface area (Å²) in [5.41, 5.74) is 6.04. The van der Waals surface area contributed by atoms with Crippen LogP contribution >= 0.6 is 0 Å². The van der Waals surface area contributed by atoms with Crippen molar-refractivity contribution in [2.24, 2.45) is 0 Å². The molecule has 0 fully saturated rings. The fourth-order valence-corrected chi connectivity index (χ4v) is 1.37. The van der Waals surface area contributed by atoms with Gasteiger partial charge in [-0.3, -0.25) is 0 Å². The molecular formula is C15H19FN2O2. The molecule has 1 rings (SSSR count). The van der Waals surface area contributed by atoms with Gasteiger partial charge in [0, 0.05) is 11.3 Å². The minimum absolute atomic E-state index is 0.0811. The van der Waals surface area contributed by atoms with E-state index in [1.165, 1.54) is 6.07 Å². The van der Waals surface area contributed by atoms with Gasteiger partial charge >= 0.3 is 6.09 Å². The Kier molecular flexibility index (Phi) is 4.98. The molecule has 0 atom stereocenters. The lowest BCUT2D eigenvalue weighted by Gasteiger charge is -2.19. The lowest BCUT2D eigenvalue weighted by atomic mass is 10.1. The van der Waals surface area contributed by atoms with E-state index in [0.29, 0.717) is 11.3 Å². The molecule has 0 aliphatic carbocycles. The number of nitrogen functional groups attached to an aromatic ring is 1. The molecule has 0 heterocycles. The van der Waals surface area contributed by atoms with Gasteiger partial charge in [0.2, 0.25) is 0 Å². The van der Waals surface area contributed by atoms with Crippen LogP contribution in [0.2, 0.25) is 0 Å². The summed E-state index contributed by atoms with van der Waals surface area (Å²) in [5.74, 6) is 4.88. The maximum absolute atomic E-state index is 13.8. The van der Waals surface area contributed by atoms with Gasteiger partial charge in [0.15, 0.2) is 0 Å². The van der Waals surface area contributed by atoms with E-state index in [2.05, 4.69) is 17.2 Å². The summed E-state index contributed by atoms with van der Waals surface area (Å²) in [6.45, 7) is 6.98. The topological polar surface area (TPSA) is 64.3 Å². The Morgan fingerprint density at radius 3 is 2.70 bits per heavy atom. The zero-order chi connectivity index (χ0) is 15.3. The number of carbonyl (C=O) groups is 1. The Balaban J connectivity index is 2.60. The fourth-order valence-electron chi connectivity index (χ4n) is 1.37. The summed E-state index contributed by atoms with van der Waals surface area (Å²) < 4.78 is 18.8. The van der Waals surface area contributed by atoms with Gasteiger partial charge in [0.05, 0.1) is 12.1 Å². The number of rotatable bonds is 1. The van der Waals surface area contributed by atoms with E-state index < -0.39 is 17.5 Å². The molecule has 0 saturated heterocycles. The van der Waals surface area contributed by atoms with E-state index in [4.69, 9.17) is 10.5 Å². The van der Waals surface area contributed by atoms with Crippen LogP contribution in [0.15, 0.2) is 12.1 Å². The molecule has 0 aliphatic rings. The number of benzene rings is 1. The summed E-state index contributed by atoms with van der Waals surface area (Å²) in [7, 11) is 0. The number of amides is 1. The predicted molar refractivity (Wildman–Crippen MR) is 76.7 cm³/mol. The third kappa shape index (κ3) is 4.81. The van der Waals surface area contributed by atoms with Crippen molar-refractivity contribution < 1.29 is 13.9 Å². The van der Waals surface area contributed by atoms with Crippen LogP contribution in [0.1, 0.15) is 31.9 Å². The van der Waals surface area contributed by atoms with Crippen molar-refractivity contribution in [2.45, 2.75) is 33.3 Å². The lowest BCUT2D eigenvalue weighted by molar-refractivity contribution is 0.0535. The van der Waals surface area contributed by atoms with Gasteiger partial charge in [-0.05, 0) is 39.8 Å². The Morgan fingerprint density at radius 2 is 2.10 bits per heavy atom. The molecule has 0 saturated carbocycles. The Morgan fingerprint density at radius 1 is 1.45 bits per heavy atom. The van der Waals surface area contributed by atoms with Crippen LogP contribution in [0.4, 0.5) is 14.9 Å². The lowest BCUT2D eigenvalue weighted by Crippen LogP contribution is -2.32. The Hall–Kier alpha value is -2.22. The van der Waals surface area contributed by atoms with Crippen molar-refractivity contribution in [3.05, 3.63) is 29.1 Å². The van der Waals surface area contributed by atoms with Gasteiger partial charge in [-0.2, -0.15) is 0 Å². The highest BCUT2D eigenvalue weighted by Gasteiger charge is 2.15. The number of alkyl carbamates (subject to hydrolysis) is 1. The second kappa shape index (κ2) is 6.29. The molecule has 0 aromatic heterocycles. The van der Waals surface area contributed by atoms with Crippen molar-refractivity contribution in [1.82, 2.24) is 5.32 Å². The average Bonchev–Trinajstić information content (AvgIpc) is 2.32. The van der Waals surface area contributed by atoms with Crippen LogP contribution in [0.25, 0.3) is 0 Å². The summed E-state index contributed by atoms with van der Waals surface area (Å²) in [4.78, 5) is 11.3. The number of halogens is 1. The molecule has 0 bridgehead atoms. The zero-order valence-electron chi connectivity index (χ0n) is 12.1. The Bertz CT molecular complexity index is 566. The standard InChI is InChI=1S/C15H19FN2O2/c1-10-12(17)8-7-11(13(10)16)6-5-9-18-14(19)20-15(2,3)4/h7-8H,9,17H2,1-4H3,(H,18,19). The first-order valence-electron chi connectivity index (χ1n) is 6.21. The molecule has 0 unspecified atom stereocenters. The van der Waals surface area contributed by atoms with E-state index >= 15 is 0 Å². The number of anilines is 1. The van der Waals surface area contributed by atoms with Crippen molar-refractivity contribution in [3.8, 4) is 11.8 Å². The van der Waals surface area contributed by atoms with Crippen LogP contribution in [-0.2, 0) is 4.74 Å². The van der Waals surface area contributed by atoms with Gasteiger partial charge < -0.3 is 15.8 Å². The predicted octanol–water partition coefficient (Wildman–Crippen LogP) is 2.59. The molecular weight excluding hydrogens is 259 g/mol. The van der Waals surface area contributed by atoms with Gasteiger partial charge in [-0.1, -0.05) is 11.8 Å². The molecule has 1 aromatic rings. The summed E-state index contributed by atoms with van der Waals surface area (Å²) >= 11 is 0. The molecule has 0 spiro atoms. The van der Waals surface area contributed by atoms with Crippen LogP contribution in [0, 0.1) is 24.6 Å². The minimum atomic E-state index is -0.558. The minimum Gasteiger partial charge on any atom is -0.444 e. The zero-order valence-corrected chi connectivity index (χ0v) is 12.1. The summed E-state index contributed by atoms with van der Waals surface area (Å²) in [6.07, 6.45) is -0.555. The second-order valence-corrected chi connectivity index (χ2v) is 5.30. The molecule has 108 valence electrons. The third-order valence-electron chi connectivity index (χ3n) is 2.37. The maximum Gasteiger partial charge on any atom is 0.408 e. The normalized spacial score (nSPS) is 10.4. The molecule has 4 nitrogen and oxygen atoms in total. The number of nitrogens with one attached hydrogen (secondary N) is 1. The van der Waals surface area contributed by atoms with Crippen LogP contribution in [0.3, 0.4) is 0 Å². The first kappa shape index (κ1) is 15.8. The highest BCUT2D eigenvalue weighted by Crippen LogP contribution is 2.17. The Labute approximate surface area is 118 Å². The molecule has 1 aromatic carbocycles. The van der Waals surface area contributed by atoms with Crippen molar-refractivity contribution in [3.63, 3.8) is 0 Å². The first-order valence-corrected chi connectivity index (χ1v) is 6.21. The summed E-state index contributed by atoms with van der Waals surface area (Å²) in [5, 5.41) is 2.47. The molecule has 20 heavy (non-hydrogen) atoms. The highest BCUT2D eigenvalue weighted by atomic mass is 19.1. The quantitative estimate of drug-likeness (QED) is 0.613. The molecule has 1 amide bonds. The van der Waals surface area contributed by atoms with Gasteiger partial charge in [0.1, 0.15) is 11.4 Å². The highest BCUT2D eigenvalue weighted by molar-refractivity contribution is 5.68. The van der Waals surface area contributed by atoms with Crippen LogP contribution in [-0.4, -0.2) is 18.2 Å². The van der Waals surface area contributed by atoms with Gasteiger partial charge in [0.25, 0.3) is 0 Å². The fraction of sp³-hybridized carbons (Fsp3) is 0.400. The monoisotopic (exact) mass is 278 g/mol. The van der Waals surface area contributed by atoms with Crippen LogP contribution < -0.4 is 11.1 Å². The number of carbonyl (C=O) groups excluding carboxylic acids is 1. The van der Waals surface area contributed by atoms with Crippen molar-refractivity contribution in [1.29, 1.82) is 0 Å². The third-order valence-corrected chi connectivity index (χ3v) is 2.37. The van der Waals surface area contributed by atoms with Gasteiger partial charge in [-0.15, -0.1) is 0 Å². The van der Waals surface area contributed by atoms with Crippen LogP contribution in [0.5, 0.6) is 0 Å². The second-order valence-electron chi connectivity index (χ2n) is 5.30. The first-order chi connectivity index (χ1) is 9.20. The van der Waals surface area contributed by atoms with E-state index in [-0.39, 0.29) is 12.1 Å². The van der Waals surface area contributed by atoms with E-state index in [0.717, 1.165) is 0 Å². The largest absolute Gasteiger partial charge is 0.444 e. The van der Waals surface area contributed by atoms with E-state index in [1.54, 1.807) is 33.8 Å².